The van der Waals surface area contributed by atoms with Gasteiger partial charge < -0.3 is 10.1 Å². The van der Waals surface area contributed by atoms with Gasteiger partial charge in [-0.1, -0.05) is 35.8 Å². The van der Waals surface area contributed by atoms with Crippen LogP contribution in [0.25, 0.3) is 0 Å². The van der Waals surface area contributed by atoms with E-state index in [1.54, 1.807) is 0 Å². The average molecular weight is 407 g/mol. The van der Waals surface area contributed by atoms with Gasteiger partial charge in [0.1, 0.15) is 6.10 Å². The lowest BCUT2D eigenvalue weighted by Crippen LogP contribution is -2.53. The SMILES string of the molecule is CC1(C)CCc2cc(Br)ccc2C1NC(=O)O[C@@H]1CN2CCC1CC2. The van der Waals surface area contributed by atoms with Crippen LogP contribution in [-0.2, 0) is 11.2 Å². The van der Waals surface area contributed by atoms with Crippen LogP contribution in [0.1, 0.15) is 50.3 Å². The van der Waals surface area contributed by atoms with E-state index in [0.717, 1.165) is 49.8 Å². The second-order valence-electron chi connectivity index (χ2n) is 8.49. The number of piperidine rings is 3. The van der Waals surface area contributed by atoms with E-state index in [9.17, 15) is 4.79 Å². The predicted octanol–water partition coefficient (Wildman–Crippen LogP) is 4.28. The number of rotatable bonds is 2. The van der Waals surface area contributed by atoms with Crippen molar-refractivity contribution in [2.24, 2.45) is 11.3 Å². The fourth-order valence-electron chi connectivity index (χ4n) is 4.70. The smallest absolute Gasteiger partial charge is 0.407 e. The molecule has 5 heteroatoms. The first-order valence-corrected chi connectivity index (χ1v) is 10.2. The standard InChI is InChI=1S/C20H27BrN2O2/c1-20(2)8-5-14-11-15(21)3-4-16(14)18(20)22-19(24)25-17-12-23-9-6-13(17)7-10-23/h3-4,11,13,17-18H,5-10,12H2,1-2H3,(H,22,24)/t17-,18?/m1/s1. The number of hydrogen-bond acceptors (Lipinski definition) is 3. The molecule has 3 saturated heterocycles. The molecule has 1 aliphatic carbocycles. The number of aryl methyl sites for hydroxylation is 1. The lowest BCUT2D eigenvalue weighted by Gasteiger charge is -2.44. The first kappa shape index (κ1) is 17.3. The zero-order chi connectivity index (χ0) is 17.6. The van der Waals surface area contributed by atoms with Gasteiger partial charge in [-0.15, -0.1) is 0 Å². The van der Waals surface area contributed by atoms with Crippen molar-refractivity contribution in [3.8, 4) is 0 Å². The van der Waals surface area contributed by atoms with Crippen molar-refractivity contribution in [3.63, 3.8) is 0 Å². The van der Waals surface area contributed by atoms with Gasteiger partial charge in [-0.3, -0.25) is 4.90 Å². The van der Waals surface area contributed by atoms with Crippen molar-refractivity contribution in [1.29, 1.82) is 0 Å². The number of nitrogens with zero attached hydrogens (tertiary/aromatic N) is 1. The maximum atomic E-state index is 12.7. The van der Waals surface area contributed by atoms with E-state index in [2.05, 4.69) is 58.2 Å². The minimum Gasteiger partial charge on any atom is -0.445 e. The number of halogens is 1. The molecule has 1 amide bonds. The van der Waals surface area contributed by atoms with Crippen molar-refractivity contribution in [2.75, 3.05) is 19.6 Å². The Labute approximate surface area is 158 Å². The molecule has 3 fully saturated rings. The number of fused-ring (bicyclic) bond motifs is 4. The molecule has 0 aromatic heterocycles. The Morgan fingerprint density at radius 3 is 2.76 bits per heavy atom. The molecule has 0 spiro atoms. The Morgan fingerprint density at radius 1 is 1.32 bits per heavy atom. The molecule has 136 valence electrons. The van der Waals surface area contributed by atoms with Gasteiger partial charge in [0, 0.05) is 11.0 Å². The van der Waals surface area contributed by atoms with Crippen LogP contribution in [0.15, 0.2) is 22.7 Å². The first-order valence-electron chi connectivity index (χ1n) is 9.40. The maximum absolute atomic E-state index is 12.7. The second kappa shape index (κ2) is 6.58. The highest BCUT2D eigenvalue weighted by Gasteiger charge is 2.40. The monoisotopic (exact) mass is 406 g/mol. The quantitative estimate of drug-likeness (QED) is 0.796. The molecule has 4 nitrogen and oxygen atoms in total. The van der Waals surface area contributed by atoms with Crippen LogP contribution in [-0.4, -0.2) is 36.7 Å². The van der Waals surface area contributed by atoms with E-state index in [0.29, 0.717) is 5.92 Å². The van der Waals surface area contributed by atoms with Gasteiger partial charge >= 0.3 is 6.09 Å². The molecule has 0 saturated carbocycles. The van der Waals surface area contributed by atoms with Gasteiger partial charge in [-0.2, -0.15) is 0 Å². The summed E-state index contributed by atoms with van der Waals surface area (Å²) in [5.41, 5.74) is 2.57. The number of nitrogens with one attached hydrogen (secondary N) is 1. The summed E-state index contributed by atoms with van der Waals surface area (Å²) in [5.74, 6) is 0.540. The Balaban J connectivity index is 1.48. The Bertz CT molecular complexity index is 668. The number of hydrogen-bond donors (Lipinski definition) is 1. The van der Waals surface area contributed by atoms with Gasteiger partial charge in [0.05, 0.1) is 6.04 Å². The summed E-state index contributed by atoms with van der Waals surface area (Å²) in [4.78, 5) is 15.1. The molecule has 0 radical (unpaired) electrons. The summed E-state index contributed by atoms with van der Waals surface area (Å²) >= 11 is 3.56. The Hall–Kier alpha value is -1.07. The summed E-state index contributed by atoms with van der Waals surface area (Å²) in [6, 6.07) is 6.38. The molecule has 4 aliphatic rings. The van der Waals surface area contributed by atoms with Crippen LogP contribution in [0.5, 0.6) is 0 Å². The van der Waals surface area contributed by atoms with Crippen LogP contribution in [0.2, 0.25) is 0 Å². The summed E-state index contributed by atoms with van der Waals surface area (Å²) in [6.07, 6.45) is 4.22. The lowest BCUT2D eigenvalue weighted by atomic mass is 9.70. The molecule has 5 rings (SSSR count). The molecular formula is C20H27BrN2O2. The first-order chi connectivity index (χ1) is 11.9. The van der Waals surface area contributed by atoms with Crippen molar-refractivity contribution in [1.82, 2.24) is 10.2 Å². The molecule has 2 atom stereocenters. The Morgan fingerprint density at radius 2 is 2.08 bits per heavy atom. The largest absolute Gasteiger partial charge is 0.445 e. The molecule has 25 heavy (non-hydrogen) atoms. The number of carbonyl (C=O) groups is 1. The van der Waals surface area contributed by atoms with E-state index in [-0.39, 0.29) is 23.7 Å². The van der Waals surface area contributed by atoms with Gasteiger partial charge in [0.25, 0.3) is 0 Å². The van der Waals surface area contributed by atoms with Crippen LogP contribution < -0.4 is 5.32 Å². The highest BCUT2D eigenvalue weighted by Crippen LogP contribution is 2.44. The van der Waals surface area contributed by atoms with Crippen molar-refractivity contribution in [3.05, 3.63) is 33.8 Å². The second-order valence-corrected chi connectivity index (χ2v) is 9.41. The molecule has 3 heterocycles. The fraction of sp³-hybridized carbons (Fsp3) is 0.650. The van der Waals surface area contributed by atoms with E-state index in [1.807, 2.05) is 0 Å². The summed E-state index contributed by atoms with van der Waals surface area (Å²) < 4.78 is 6.96. The third-order valence-corrected chi connectivity index (χ3v) is 6.85. The third-order valence-electron chi connectivity index (χ3n) is 6.35. The molecule has 1 unspecified atom stereocenters. The van der Waals surface area contributed by atoms with E-state index in [4.69, 9.17) is 4.74 Å². The van der Waals surface area contributed by atoms with Crippen LogP contribution in [0, 0.1) is 11.3 Å². The molecule has 1 aromatic rings. The molecule has 3 aliphatic heterocycles. The lowest BCUT2D eigenvalue weighted by molar-refractivity contribution is -0.0353. The molecule has 1 N–H and O–H groups in total. The van der Waals surface area contributed by atoms with Gasteiger partial charge in [0.15, 0.2) is 0 Å². The fourth-order valence-corrected chi connectivity index (χ4v) is 5.11. The summed E-state index contributed by atoms with van der Waals surface area (Å²) in [7, 11) is 0. The van der Waals surface area contributed by atoms with Crippen LogP contribution in [0.4, 0.5) is 4.79 Å². The molecule has 1 aromatic carbocycles. The predicted molar refractivity (Wildman–Crippen MR) is 102 cm³/mol. The highest BCUT2D eigenvalue weighted by molar-refractivity contribution is 9.10. The highest BCUT2D eigenvalue weighted by atomic mass is 79.9. The van der Waals surface area contributed by atoms with Crippen molar-refractivity contribution < 1.29 is 9.53 Å². The number of benzene rings is 1. The van der Waals surface area contributed by atoms with Crippen molar-refractivity contribution >= 4 is 22.0 Å². The number of ether oxygens (including phenoxy) is 1. The van der Waals surface area contributed by atoms with Crippen molar-refractivity contribution in [2.45, 2.75) is 51.7 Å². The zero-order valence-electron chi connectivity index (χ0n) is 15.1. The van der Waals surface area contributed by atoms with Gasteiger partial charge in [-0.25, -0.2) is 4.79 Å². The minimum absolute atomic E-state index is 0.00191. The van der Waals surface area contributed by atoms with E-state index >= 15 is 0 Å². The van der Waals surface area contributed by atoms with E-state index in [1.165, 1.54) is 11.1 Å². The minimum atomic E-state index is -0.257. The zero-order valence-corrected chi connectivity index (χ0v) is 16.6. The summed E-state index contributed by atoms with van der Waals surface area (Å²) in [5, 5.41) is 3.20. The molecule has 2 bridgehead atoms. The number of alkyl carbamates (subject to hydrolysis) is 1. The number of carbonyl (C=O) groups excluding carboxylic acids is 1. The van der Waals surface area contributed by atoms with Gasteiger partial charge in [0.2, 0.25) is 0 Å². The third kappa shape index (κ3) is 3.45. The topological polar surface area (TPSA) is 41.6 Å². The van der Waals surface area contributed by atoms with E-state index < -0.39 is 0 Å². The van der Waals surface area contributed by atoms with Crippen LogP contribution >= 0.6 is 15.9 Å². The maximum Gasteiger partial charge on any atom is 0.407 e. The normalized spacial score (nSPS) is 32.8. The van der Waals surface area contributed by atoms with Crippen LogP contribution in [0.3, 0.4) is 0 Å². The average Bonchev–Trinajstić information content (AvgIpc) is 2.59. The number of amides is 1. The summed E-state index contributed by atoms with van der Waals surface area (Å²) in [6.45, 7) is 7.68. The molecular weight excluding hydrogens is 380 g/mol. The van der Waals surface area contributed by atoms with Gasteiger partial charge in [-0.05, 0) is 73.4 Å². The Kier molecular flexibility index (Phi) is 4.57.